The molecule has 0 aliphatic heterocycles. The fourth-order valence-corrected chi connectivity index (χ4v) is 2.51. The van der Waals surface area contributed by atoms with Gasteiger partial charge in [-0.3, -0.25) is 0 Å². The monoisotopic (exact) mass is 241 g/mol. The average Bonchev–Trinajstić information content (AvgIpc) is 2.56. The van der Waals surface area contributed by atoms with E-state index in [2.05, 4.69) is 29.3 Å². The number of hydrogen-bond acceptors (Lipinski definition) is 4. The highest BCUT2D eigenvalue weighted by Crippen LogP contribution is 2.29. The van der Waals surface area contributed by atoms with Crippen molar-refractivity contribution < 1.29 is 0 Å². The van der Waals surface area contributed by atoms with Crippen LogP contribution >= 0.6 is 22.9 Å². The maximum absolute atomic E-state index is 6.19. The molecule has 1 unspecified atom stereocenters. The third kappa shape index (κ3) is 2.58. The van der Waals surface area contributed by atoms with E-state index < -0.39 is 0 Å². The largest absolute Gasteiger partial charge is 0.374 e. The summed E-state index contributed by atoms with van der Waals surface area (Å²) in [6.45, 7) is 2.15. The van der Waals surface area contributed by atoms with Gasteiger partial charge in [-0.05, 0) is 17.9 Å². The van der Waals surface area contributed by atoms with E-state index in [9.17, 15) is 0 Å². The Morgan fingerprint density at radius 2 is 2.40 bits per heavy atom. The molecule has 0 bridgehead atoms. The van der Waals surface area contributed by atoms with Crippen molar-refractivity contribution in [1.82, 2.24) is 10.2 Å². The summed E-state index contributed by atoms with van der Waals surface area (Å²) in [7, 11) is 0. The molecule has 0 spiro atoms. The van der Waals surface area contributed by atoms with E-state index in [1.54, 1.807) is 0 Å². The lowest BCUT2D eigenvalue weighted by molar-refractivity contribution is 0.718. The van der Waals surface area contributed by atoms with Crippen LogP contribution in [-0.2, 0) is 6.42 Å². The summed E-state index contributed by atoms with van der Waals surface area (Å²) in [5.41, 5.74) is 6.65. The highest BCUT2D eigenvalue weighted by atomic mass is 35.5. The van der Waals surface area contributed by atoms with Crippen LogP contribution in [0.15, 0.2) is 22.8 Å². The van der Waals surface area contributed by atoms with Crippen LogP contribution < -0.4 is 5.73 Å². The van der Waals surface area contributed by atoms with Crippen molar-refractivity contribution in [1.29, 1.82) is 0 Å². The van der Waals surface area contributed by atoms with Crippen LogP contribution in [0.4, 0.5) is 5.13 Å². The van der Waals surface area contributed by atoms with E-state index in [-0.39, 0.29) is 0 Å². The van der Waals surface area contributed by atoms with Crippen LogP contribution in [-0.4, -0.2) is 10.2 Å². The maximum atomic E-state index is 6.19. The molecule has 1 atom stereocenters. The van der Waals surface area contributed by atoms with Crippen LogP contribution in [0.3, 0.4) is 0 Å². The topological polar surface area (TPSA) is 51.8 Å². The number of nitrogens with two attached hydrogens (primary N) is 1. The van der Waals surface area contributed by atoms with Gasteiger partial charge in [-0.25, -0.2) is 0 Å². The van der Waals surface area contributed by atoms with Gasteiger partial charge in [0.05, 0.1) is 0 Å². The van der Waals surface area contributed by atoms with Crippen molar-refractivity contribution in [3.63, 3.8) is 0 Å². The molecule has 1 aromatic rings. The molecular formula is C10H12ClN3S. The van der Waals surface area contributed by atoms with Crippen molar-refractivity contribution in [2.45, 2.75) is 19.8 Å². The molecule has 1 aliphatic carbocycles. The Balaban J connectivity index is 2.13. The van der Waals surface area contributed by atoms with E-state index in [4.69, 9.17) is 17.3 Å². The van der Waals surface area contributed by atoms with Gasteiger partial charge in [0.2, 0.25) is 5.13 Å². The van der Waals surface area contributed by atoms with E-state index in [1.807, 2.05) is 0 Å². The van der Waals surface area contributed by atoms with Crippen LogP contribution in [0.25, 0.3) is 0 Å². The molecule has 0 aromatic carbocycles. The second kappa shape index (κ2) is 4.33. The molecule has 2 N–H and O–H groups in total. The molecule has 5 heteroatoms. The van der Waals surface area contributed by atoms with Crippen molar-refractivity contribution in [2.24, 2.45) is 5.92 Å². The van der Waals surface area contributed by atoms with Crippen molar-refractivity contribution in [3.05, 3.63) is 27.8 Å². The second-order valence-electron chi connectivity index (χ2n) is 3.68. The SMILES string of the molecule is CC1C=CC(Cc2nnc(N)s2)=C(Cl)C1. The summed E-state index contributed by atoms with van der Waals surface area (Å²) < 4.78 is 0. The lowest BCUT2D eigenvalue weighted by Crippen LogP contribution is -2.00. The Bertz CT molecular complexity index is 422. The number of anilines is 1. The van der Waals surface area contributed by atoms with Gasteiger partial charge in [0.1, 0.15) is 5.01 Å². The summed E-state index contributed by atoms with van der Waals surface area (Å²) >= 11 is 7.60. The fourth-order valence-electron chi connectivity index (χ4n) is 1.51. The number of aromatic nitrogens is 2. The zero-order chi connectivity index (χ0) is 10.8. The average molecular weight is 242 g/mol. The minimum absolute atomic E-state index is 0.509. The molecule has 80 valence electrons. The maximum Gasteiger partial charge on any atom is 0.203 e. The van der Waals surface area contributed by atoms with Crippen molar-refractivity contribution >= 4 is 28.1 Å². The number of nitrogen functional groups attached to an aromatic ring is 1. The quantitative estimate of drug-likeness (QED) is 0.866. The fraction of sp³-hybridized carbons (Fsp3) is 0.400. The first-order valence-electron chi connectivity index (χ1n) is 4.78. The highest BCUT2D eigenvalue weighted by molar-refractivity contribution is 7.15. The number of hydrogen-bond donors (Lipinski definition) is 1. The molecule has 2 rings (SSSR count). The molecule has 0 amide bonds. The smallest absolute Gasteiger partial charge is 0.203 e. The minimum atomic E-state index is 0.509. The summed E-state index contributed by atoms with van der Waals surface area (Å²) in [6.07, 6.45) is 5.90. The van der Waals surface area contributed by atoms with Gasteiger partial charge < -0.3 is 5.73 Å². The van der Waals surface area contributed by atoms with Gasteiger partial charge in [-0.15, -0.1) is 10.2 Å². The Morgan fingerprint density at radius 3 is 3.00 bits per heavy atom. The number of nitrogens with zero attached hydrogens (tertiary/aromatic N) is 2. The number of allylic oxidation sites excluding steroid dienone is 4. The third-order valence-electron chi connectivity index (χ3n) is 2.30. The van der Waals surface area contributed by atoms with Gasteiger partial charge in [-0.2, -0.15) is 0 Å². The van der Waals surface area contributed by atoms with Gasteiger partial charge >= 0.3 is 0 Å². The predicted molar refractivity (Wildman–Crippen MR) is 63.8 cm³/mol. The first-order chi connectivity index (χ1) is 7.15. The second-order valence-corrected chi connectivity index (χ2v) is 5.23. The van der Waals surface area contributed by atoms with Crippen LogP contribution in [0.1, 0.15) is 18.4 Å². The first kappa shape index (κ1) is 10.6. The van der Waals surface area contributed by atoms with Gasteiger partial charge in [-0.1, -0.05) is 42.0 Å². The van der Waals surface area contributed by atoms with Crippen molar-refractivity contribution in [3.8, 4) is 0 Å². The summed E-state index contributed by atoms with van der Waals surface area (Å²) in [5.74, 6) is 0.528. The van der Waals surface area contributed by atoms with Crippen molar-refractivity contribution in [2.75, 3.05) is 5.73 Å². The lowest BCUT2D eigenvalue weighted by Gasteiger charge is -2.14. The normalized spacial score (nSPS) is 21.1. The highest BCUT2D eigenvalue weighted by Gasteiger charge is 2.13. The minimum Gasteiger partial charge on any atom is -0.374 e. The van der Waals surface area contributed by atoms with Gasteiger partial charge in [0, 0.05) is 11.5 Å². The molecular weight excluding hydrogens is 230 g/mol. The zero-order valence-corrected chi connectivity index (χ0v) is 9.98. The Hall–Kier alpha value is -0.870. The summed E-state index contributed by atoms with van der Waals surface area (Å²) in [4.78, 5) is 0. The molecule has 3 nitrogen and oxygen atoms in total. The molecule has 1 heterocycles. The summed E-state index contributed by atoms with van der Waals surface area (Å²) in [5, 5.41) is 10.1. The third-order valence-corrected chi connectivity index (χ3v) is 3.45. The molecule has 0 saturated carbocycles. The van der Waals surface area contributed by atoms with Gasteiger partial charge in [0.25, 0.3) is 0 Å². The van der Waals surface area contributed by atoms with Gasteiger partial charge in [0.15, 0.2) is 0 Å². The Kier molecular flexibility index (Phi) is 3.07. The number of halogens is 1. The molecule has 15 heavy (non-hydrogen) atoms. The Labute approximate surface area is 97.7 Å². The molecule has 1 aromatic heterocycles. The predicted octanol–water partition coefficient (Wildman–Crippen LogP) is 2.75. The zero-order valence-electron chi connectivity index (χ0n) is 8.40. The molecule has 0 radical (unpaired) electrons. The lowest BCUT2D eigenvalue weighted by atomic mass is 9.97. The Morgan fingerprint density at radius 1 is 1.60 bits per heavy atom. The summed E-state index contributed by atoms with van der Waals surface area (Å²) in [6, 6.07) is 0. The van der Waals surface area contributed by atoms with Crippen LogP contribution in [0.5, 0.6) is 0 Å². The van der Waals surface area contributed by atoms with E-state index in [0.29, 0.717) is 11.0 Å². The molecule has 0 fully saturated rings. The van der Waals surface area contributed by atoms with Crippen LogP contribution in [0, 0.1) is 5.92 Å². The standard InChI is InChI=1S/C10H12ClN3S/c1-6-2-3-7(8(11)4-6)5-9-13-14-10(12)15-9/h2-3,6H,4-5H2,1H3,(H2,12,14). The van der Waals surface area contributed by atoms with E-state index in [1.165, 1.54) is 11.3 Å². The van der Waals surface area contributed by atoms with Crippen LogP contribution in [0.2, 0.25) is 0 Å². The first-order valence-corrected chi connectivity index (χ1v) is 5.98. The van der Waals surface area contributed by atoms with E-state index in [0.717, 1.165) is 28.5 Å². The number of rotatable bonds is 2. The molecule has 1 aliphatic rings. The molecule has 0 saturated heterocycles. The van der Waals surface area contributed by atoms with E-state index >= 15 is 0 Å².